The van der Waals surface area contributed by atoms with Gasteiger partial charge in [0.05, 0.1) is 0 Å². The van der Waals surface area contributed by atoms with E-state index in [0.717, 1.165) is 22.3 Å². The van der Waals surface area contributed by atoms with Gasteiger partial charge in [-0.1, -0.05) is 48.1 Å². The molecule has 0 aliphatic heterocycles. The molecule has 0 heterocycles. The van der Waals surface area contributed by atoms with E-state index in [1.165, 1.54) is 5.69 Å². The third-order valence-corrected chi connectivity index (χ3v) is 3.72. The molecule has 2 aromatic rings. The van der Waals surface area contributed by atoms with Crippen molar-refractivity contribution in [2.75, 3.05) is 19.0 Å². The zero-order valence-electron chi connectivity index (χ0n) is 14.2. The predicted molar refractivity (Wildman–Crippen MR) is 99.2 cm³/mol. The van der Waals surface area contributed by atoms with Gasteiger partial charge in [0.1, 0.15) is 0 Å². The van der Waals surface area contributed by atoms with Crippen molar-refractivity contribution < 1.29 is 4.79 Å². The Hall–Kier alpha value is -2.61. The molecule has 0 saturated carbocycles. The molecule has 0 fully saturated rings. The highest BCUT2D eigenvalue weighted by Gasteiger charge is 2.05. The zero-order valence-corrected chi connectivity index (χ0v) is 14.2. The number of ketones is 1. The van der Waals surface area contributed by atoms with Crippen molar-refractivity contribution >= 4 is 17.5 Å². The van der Waals surface area contributed by atoms with Gasteiger partial charge >= 0.3 is 0 Å². The number of rotatable bonds is 5. The van der Waals surface area contributed by atoms with Crippen molar-refractivity contribution in [1.29, 1.82) is 0 Å². The Kier molecular flexibility index (Phi) is 5.53. The quantitative estimate of drug-likeness (QED) is 0.448. The molecule has 0 bridgehead atoms. The fourth-order valence-electron chi connectivity index (χ4n) is 2.28. The van der Waals surface area contributed by atoms with Crippen molar-refractivity contribution in [2.45, 2.75) is 13.8 Å². The summed E-state index contributed by atoms with van der Waals surface area (Å²) in [6.45, 7) is 3.96. The van der Waals surface area contributed by atoms with Gasteiger partial charge in [0.15, 0.2) is 5.78 Å². The summed E-state index contributed by atoms with van der Waals surface area (Å²) in [7, 11) is 4.04. The van der Waals surface area contributed by atoms with E-state index < -0.39 is 0 Å². The van der Waals surface area contributed by atoms with Gasteiger partial charge in [0.2, 0.25) is 0 Å². The van der Waals surface area contributed by atoms with E-state index in [1.54, 1.807) is 12.2 Å². The molecule has 23 heavy (non-hydrogen) atoms. The second-order valence-electron chi connectivity index (χ2n) is 5.89. The van der Waals surface area contributed by atoms with Crippen LogP contribution in [0.3, 0.4) is 0 Å². The van der Waals surface area contributed by atoms with E-state index in [9.17, 15) is 4.79 Å². The summed E-state index contributed by atoms with van der Waals surface area (Å²) in [6, 6.07) is 14.2. The Bertz CT molecular complexity index is 737. The SMILES string of the molecule is Cc1ccc(C)c(C(=O)/C=C/C=C/c2ccc(N(C)C)cc2)c1. The highest BCUT2D eigenvalue weighted by Crippen LogP contribution is 2.14. The minimum Gasteiger partial charge on any atom is -0.378 e. The summed E-state index contributed by atoms with van der Waals surface area (Å²) in [5, 5.41) is 0. The number of hydrogen-bond acceptors (Lipinski definition) is 2. The van der Waals surface area contributed by atoms with Gasteiger partial charge in [-0.2, -0.15) is 0 Å². The molecule has 0 radical (unpaired) electrons. The Morgan fingerprint density at radius 1 is 0.957 bits per heavy atom. The monoisotopic (exact) mass is 305 g/mol. The molecular formula is C21H23NO. The first-order valence-corrected chi connectivity index (χ1v) is 7.71. The fourth-order valence-corrected chi connectivity index (χ4v) is 2.28. The van der Waals surface area contributed by atoms with Crippen LogP contribution in [0.2, 0.25) is 0 Å². The molecule has 2 heteroatoms. The summed E-state index contributed by atoms with van der Waals surface area (Å²) in [5.74, 6) is 0.0406. The summed E-state index contributed by atoms with van der Waals surface area (Å²) >= 11 is 0. The van der Waals surface area contributed by atoms with Crippen molar-refractivity contribution in [3.63, 3.8) is 0 Å². The first-order chi connectivity index (χ1) is 11.0. The third-order valence-electron chi connectivity index (χ3n) is 3.72. The van der Waals surface area contributed by atoms with Crippen LogP contribution in [0.4, 0.5) is 5.69 Å². The average Bonchev–Trinajstić information content (AvgIpc) is 2.54. The molecule has 0 aromatic heterocycles. The third kappa shape index (κ3) is 4.68. The van der Waals surface area contributed by atoms with Crippen LogP contribution in [-0.4, -0.2) is 19.9 Å². The lowest BCUT2D eigenvalue weighted by Gasteiger charge is -2.11. The van der Waals surface area contributed by atoms with Gasteiger partial charge in [-0.15, -0.1) is 0 Å². The van der Waals surface area contributed by atoms with E-state index >= 15 is 0 Å². The molecule has 0 saturated heterocycles. The van der Waals surface area contributed by atoms with Crippen LogP contribution in [0.1, 0.15) is 27.0 Å². The van der Waals surface area contributed by atoms with Crippen LogP contribution < -0.4 is 4.90 Å². The van der Waals surface area contributed by atoms with Crippen molar-refractivity contribution in [3.05, 3.63) is 82.9 Å². The second-order valence-corrected chi connectivity index (χ2v) is 5.89. The van der Waals surface area contributed by atoms with Gasteiger partial charge < -0.3 is 4.90 Å². The van der Waals surface area contributed by atoms with Crippen LogP contribution >= 0.6 is 0 Å². The number of carbonyl (C=O) groups is 1. The molecule has 0 unspecified atom stereocenters. The van der Waals surface area contributed by atoms with Gasteiger partial charge in [-0.05, 0) is 49.2 Å². The summed E-state index contributed by atoms with van der Waals surface area (Å²) < 4.78 is 0. The maximum atomic E-state index is 12.2. The molecular weight excluding hydrogens is 282 g/mol. The average molecular weight is 305 g/mol. The maximum Gasteiger partial charge on any atom is 0.186 e. The standard InChI is InChI=1S/C21H23NO/c1-16-9-10-17(2)20(15-16)21(23)8-6-5-7-18-11-13-19(14-12-18)22(3)4/h5-15H,1-4H3/b7-5+,8-6+. The molecule has 2 nitrogen and oxygen atoms in total. The number of nitrogens with zero attached hydrogens (tertiary/aromatic N) is 1. The zero-order chi connectivity index (χ0) is 16.8. The molecule has 118 valence electrons. The summed E-state index contributed by atoms with van der Waals surface area (Å²) in [5.41, 5.74) is 5.16. The predicted octanol–water partition coefficient (Wildman–Crippen LogP) is 4.82. The highest BCUT2D eigenvalue weighted by molar-refractivity contribution is 6.05. The minimum absolute atomic E-state index is 0.0406. The van der Waals surface area contributed by atoms with Gasteiger partial charge in [-0.3, -0.25) is 4.79 Å². The van der Waals surface area contributed by atoms with Gasteiger partial charge in [-0.25, -0.2) is 0 Å². The van der Waals surface area contributed by atoms with Crippen molar-refractivity contribution in [3.8, 4) is 0 Å². The fraction of sp³-hybridized carbons (Fsp3) is 0.190. The second kappa shape index (κ2) is 7.59. The van der Waals surface area contributed by atoms with E-state index in [0.29, 0.717) is 0 Å². The number of carbonyl (C=O) groups excluding carboxylic acids is 1. The smallest absolute Gasteiger partial charge is 0.186 e. The van der Waals surface area contributed by atoms with Crippen molar-refractivity contribution in [1.82, 2.24) is 0 Å². The molecule has 0 aliphatic carbocycles. The lowest BCUT2D eigenvalue weighted by Crippen LogP contribution is -2.07. The van der Waals surface area contributed by atoms with Gasteiger partial charge in [0, 0.05) is 25.3 Å². The van der Waals surface area contributed by atoms with Crippen LogP contribution in [0.25, 0.3) is 6.08 Å². The molecule has 2 aromatic carbocycles. The largest absolute Gasteiger partial charge is 0.378 e. The van der Waals surface area contributed by atoms with Crippen LogP contribution in [-0.2, 0) is 0 Å². The first kappa shape index (κ1) is 16.8. The van der Waals surface area contributed by atoms with Crippen LogP contribution in [0.15, 0.2) is 60.7 Å². The Labute approximate surface area is 138 Å². The maximum absolute atomic E-state index is 12.2. The van der Waals surface area contributed by atoms with Crippen molar-refractivity contribution in [2.24, 2.45) is 0 Å². The Morgan fingerprint density at radius 2 is 1.65 bits per heavy atom. The van der Waals surface area contributed by atoms with Gasteiger partial charge in [0.25, 0.3) is 0 Å². The molecule has 0 aliphatic rings. The molecule has 2 rings (SSSR count). The first-order valence-electron chi connectivity index (χ1n) is 7.71. The van der Waals surface area contributed by atoms with E-state index in [-0.39, 0.29) is 5.78 Å². The Morgan fingerprint density at radius 3 is 2.30 bits per heavy atom. The molecule has 0 spiro atoms. The molecule has 0 N–H and O–H groups in total. The highest BCUT2D eigenvalue weighted by atomic mass is 16.1. The topological polar surface area (TPSA) is 20.3 Å². The summed E-state index contributed by atoms with van der Waals surface area (Å²) in [4.78, 5) is 14.3. The lowest BCUT2D eigenvalue weighted by atomic mass is 10.0. The summed E-state index contributed by atoms with van der Waals surface area (Å²) in [6.07, 6.45) is 7.30. The number of allylic oxidation sites excluding steroid dienone is 3. The molecule has 0 amide bonds. The van der Waals surface area contributed by atoms with E-state index in [4.69, 9.17) is 0 Å². The number of hydrogen-bond donors (Lipinski definition) is 0. The number of benzene rings is 2. The van der Waals surface area contributed by atoms with Crippen LogP contribution in [0.5, 0.6) is 0 Å². The molecule has 0 atom stereocenters. The number of anilines is 1. The normalized spacial score (nSPS) is 11.3. The minimum atomic E-state index is 0.0406. The van der Waals surface area contributed by atoms with Crippen LogP contribution in [0, 0.1) is 13.8 Å². The number of aryl methyl sites for hydroxylation is 2. The van der Waals surface area contributed by atoms with E-state index in [1.807, 2.05) is 58.3 Å². The van der Waals surface area contributed by atoms with E-state index in [2.05, 4.69) is 29.2 Å². The Balaban J connectivity index is 2.03. The lowest BCUT2D eigenvalue weighted by molar-refractivity contribution is 0.104.